The van der Waals surface area contributed by atoms with Gasteiger partial charge in [-0.25, -0.2) is 0 Å². The molecular formula is C51H50IrN2OSi-2. The molecule has 0 aliphatic rings. The molecule has 8 aromatic rings. The van der Waals surface area contributed by atoms with E-state index in [0.717, 1.165) is 61.0 Å². The van der Waals surface area contributed by atoms with Gasteiger partial charge in [0.1, 0.15) is 5.58 Å². The molecule has 56 heavy (non-hydrogen) atoms. The van der Waals surface area contributed by atoms with Crippen LogP contribution in [0.4, 0.5) is 0 Å². The topological polar surface area (TPSA) is 38.9 Å². The van der Waals surface area contributed by atoms with Crippen LogP contribution >= 0.6 is 0 Å². The van der Waals surface area contributed by atoms with Crippen molar-refractivity contribution in [3.8, 4) is 44.8 Å². The molecule has 0 bridgehead atoms. The second-order valence-corrected chi connectivity index (χ2v) is 20.6. The minimum absolute atomic E-state index is 0. The molecular weight excluding hydrogens is 877 g/mol. The molecule has 0 saturated heterocycles. The van der Waals surface area contributed by atoms with Gasteiger partial charge < -0.3 is 14.4 Å². The number of fused-ring (bicyclic) bond motifs is 3. The van der Waals surface area contributed by atoms with E-state index in [9.17, 15) is 0 Å². The molecule has 285 valence electrons. The molecule has 0 saturated carbocycles. The average molecular weight is 934 g/mol. The molecule has 3 nitrogen and oxygen atoms in total. The standard InChI is InChI=1S/C27H22NO.C24H28NSi.Ir/c1-17(2)20-13-14-28-25(15-20)24-6-4-5-23-22-12-11-21(16-26(22)29-27(23)24)19-9-7-18(3)8-10-19;1-17(2)21-15-23(25-16-24(21)26(4,5)6)20-13-12-18(3)22(14-20)19-10-8-7-9-11-19;/h4-5,7-17H,1-3H3;7-12,14-17H,1-6H3;/q2*-1;/i3D3;3D3,17D;. The van der Waals surface area contributed by atoms with E-state index in [1.807, 2.05) is 111 Å². The Kier molecular flexibility index (Phi) is 9.80. The van der Waals surface area contributed by atoms with E-state index in [2.05, 4.69) is 62.7 Å². The number of aromatic nitrogens is 2. The summed E-state index contributed by atoms with van der Waals surface area (Å²) in [6.07, 6.45) is 3.74. The van der Waals surface area contributed by atoms with Gasteiger partial charge in [0.25, 0.3) is 0 Å². The fourth-order valence-electron chi connectivity index (χ4n) is 6.83. The van der Waals surface area contributed by atoms with E-state index in [-0.39, 0.29) is 25.7 Å². The van der Waals surface area contributed by atoms with Crippen molar-refractivity contribution in [1.82, 2.24) is 9.97 Å². The third kappa shape index (κ3) is 8.71. The van der Waals surface area contributed by atoms with Crippen LogP contribution in [0.1, 0.15) is 71.4 Å². The number of nitrogens with zero attached hydrogens (tertiary/aromatic N) is 2. The molecule has 0 unspecified atom stereocenters. The molecule has 0 amide bonds. The van der Waals surface area contributed by atoms with Crippen molar-refractivity contribution < 1.29 is 34.1 Å². The van der Waals surface area contributed by atoms with Gasteiger partial charge >= 0.3 is 0 Å². The zero-order chi connectivity index (χ0) is 44.8. The Bertz CT molecular complexity index is 2880. The molecule has 0 fully saturated rings. The van der Waals surface area contributed by atoms with Crippen LogP contribution in [0, 0.1) is 25.8 Å². The average Bonchev–Trinajstić information content (AvgIpc) is 3.61. The maximum absolute atomic E-state index is 8.66. The molecule has 1 radical (unpaired) electrons. The maximum Gasteiger partial charge on any atom is 0.121 e. The van der Waals surface area contributed by atoms with Crippen LogP contribution in [0.25, 0.3) is 66.7 Å². The first-order valence-electron chi connectivity index (χ1n) is 22.2. The summed E-state index contributed by atoms with van der Waals surface area (Å²) in [4.78, 5) is 9.26. The third-order valence-corrected chi connectivity index (χ3v) is 11.9. The zero-order valence-corrected chi connectivity index (χ0v) is 36.2. The molecule has 0 aliphatic heterocycles. The summed E-state index contributed by atoms with van der Waals surface area (Å²) >= 11 is 0. The van der Waals surface area contributed by atoms with Crippen LogP contribution in [-0.2, 0) is 20.1 Å². The van der Waals surface area contributed by atoms with Crippen molar-refractivity contribution in [2.24, 2.45) is 0 Å². The van der Waals surface area contributed by atoms with Crippen LogP contribution in [0.5, 0.6) is 0 Å². The summed E-state index contributed by atoms with van der Waals surface area (Å²) in [6.45, 7) is 10.5. The van der Waals surface area contributed by atoms with E-state index in [1.54, 1.807) is 18.2 Å². The van der Waals surface area contributed by atoms with Crippen molar-refractivity contribution in [3.63, 3.8) is 0 Å². The second-order valence-electron chi connectivity index (χ2n) is 15.5. The first-order chi connectivity index (χ1) is 29.1. The van der Waals surface area contributed by atoms with Crippen molar-refractivity contribution >= 4 is 35.2 Å². The van der Waals surface area contributed by atoms with Gasteiger partial charge in [-0.05, 0) is 64.1 Å². The quantitative estimate of drug-likeness (QED) is 0.118. The number of aryl methyl sites for hydroxylation is 2. The molecule has 0 spiro atoms. The van der Waals surface area contributed by atoms with Gasteiger partial charge in [0, 0.05) is 47.5 Å². The summed E-state index contributed by atoms with van der Waals surface area (Å²) < 4.78 is 61.4. The Morgan fingerprint density at radius 3 is 2.20 bits per heavy atom. The van der Waals surface area contributed by atoms with Crippen molar-refractivity contribution in [2.45, 2.75) is 72.9 Å². The van der Waals surface area contributed by atoms with Gasteiger partial charge in [-0.2, -0.15) is 0 Å². The van der Waals surface area contributed by atoms with Crippen LogP contribution in [0.3, 0.4) is 0 Å². The second kappa shape index (κ2) is 17.1. The largest absolute Gasteiger partial charge is 0.501 e. The first kappa shape index (κ1) is 32.2. The van der Waals surface area contributed by atoms with E-state index in [0.29, 0.717) is 22.7 Å². The number of benzene rings is 5. The van der Waals surface area contributed by atoms with Gasteiger partial charge in [-0.1, -0.05) is 166 Å². The van der Waals surface area contributed by atoms with Crippen molar-refractivity contribution in [2.75, 3.05) is 0 Å². The fourth-order valence-corrected chi connectivity index (χ4v) is 8.41. The normalized spacial score (nSPS) is 14.0. The van der Waals surface area contributed by atoms with Crippen LogP contribution in [0.15, 0.2) is 132 Å². The summed E-state index contributed by atoms with van der Waals surface area (Å²) in [5, 5.41) is 3.22. The van der Waals surface area contributed by atoms with Crippen molar-refractivity contribution in [3.05, 3.63) is 162 Å². The summed E-state index contributed by atoms with van der Waals surface area (Å²) in [6, 6.07) is 42.5. The van der Waals surface area contributed by atoms with Crippen LogP contribution < -0.4 is 5.19 Å². The molecule has 0 aliphatic carbocycles. The summed E-state index contributed by atoms with van der Waals surface area (Å²) in [7, 11) is -1.68. The smallest absolute Gasteiger partial charge is 0.121 e. The number of hydrogen-bond donors (Lipinski definition) is 0. The van der Waals surface area contributed by atoms with E-state index in [4.69, 9.17) is 19.0 Å². The van der Waals surface area contributed by atoms with Crippen molar-refractivity contribution in [1.29, 1.82) is 0 Å². The van der Waals surface area contributed by atoms with Gasteiger partial charge in [0.05, 0.1) is 13.7 Å². The predicted octanol–water partition coefficient (Wildman–Crippen LogP) is 13.7. The van der Waals surface area contributed by atoms with Crippen LogP contribution in [-0.4, -0.2) is 18.0 Å². The van der Waals surface area contributed by atoms with E-state index in [1.165, 1.54) is 10.8 Å². The zero-order valence-electron chi connectivity index (χ0n) is 39.8. The van der Waals surface area contributed by atoms with E-state index >= 15 is 0 Å². The molecule has 5 aromatic carbocycles. The SMILES string of the molecule is [2H]C([2H])([2H])c1c[c-]c(-c2cc(C([2H])(C)C)c([Si](C)(C)C)cn2)cc1-c1ccccc1.[2H]C([2H])([2H])c1ccc(-c2ccc3c(c2)oc2c(-c4cc(C(C)C)ccn4)[c-]ccc23)cc1.[Ir]. The Morgan fingerprint density at radius 1 is 0.732 bits per heavy atom. The third-order valence-electron chi connectivity index (χ3n) is 9.92. The molecule has 3 aromatic heterocycles. The van der Waals surface area contributed by atoms with Gasteiger partial charge in [-0.15, -0.1) is 47.5 Å². The fraction of sp³-hybridized carbons (Fsp3) is 0.216. The molecule has 0 atom stereocenters. The number of furan rings is 1. The molecule has 5 heteroatoms. The van der Waals surface area contributed by atoms with Crippen LogP contribution in [0.2, 0.25) is 19.6 Å². The summed E-state index contributed by atoms with van der Waals surface area (Å²) in [5.74, 6) is -0.348. The first-order valence-corrected chi connectivity index (χ1v) is 22.2. The summed E-state index contributed by atoms with van der Waals surface area (Å²) in [5.41, 5.74) is 10.9. The minimum atomic E-state index is -2.23. The monoisotopic (exact) mass is 934 g/mol. The Hall–Kier alpha value is -4.93. The molecule has 8 rings (SSSR count). The maximum atomic E-state index is 8.66. The Morgan fingerprint density at radius 2 is 1.50 bits per heavy atom. The minimum Gasteiger partial charge on any atom is -0.501 e. The van der Waals surface area contributed by atoms with Gasteiger partial charge in [0.15, 0.2) is 0 Å². The number of pyridine rings is 2. The molecule has 0 N–H and O–H groups in total. The van der Waals surface area contributed by atoms with E-state index < -0.39 is 27.7 Å². The molecule has 3 heterocycles. The van der Waals surface area contributed by atoms with Gasteiger partial charge in [-0.3, -0.25) is 0 Å². The Labute approximate surface area is 357 Å². The predicted molar refractivity (Wildman–Crippen MR) is 236 cm³/mol. The number of rotatable bonds is 7. The number of hydrogen-bond acceptors (Lipinski definition) is 3. The Balaban J connectivity index is 0.000000207. The van der Waals surface area contributed by atoms with Gasteiger partial charge in [0.2, 0.25) is 0 Å².